The van der Waals surface area contributed by atoms with Gasteiger partial charge in [0.2, 0.25) is 17.7 Å². The topological polar surface area (TPSA) is 127 Å². The van der Waals surface area contributed by atoms with Crippen LogP contribution in [0.1, 0.15) is 57.8 Å². The van der Waals surface area contributed by atoms with Gasteiger partial charge < -0.3 is 30.9 Å². The third-order valence-corrected chi connectivity index (χ3v) is 8.90. The van der Waals surface area contributed by atoms with Gasteiger partial charge in [0, 0.05) is 52.1 Å². The molecule has 0 radical (unpaired) electrons. The second kappa shape index (κ2) is 13.4. The number of aryl methyl sites for hydroxylation is 1. The van der Waals surface area contributed by atoms with E-state index < -0.39 is 23.6 Å². The van der Waals surface area contributed by atoms with E-state index in [9.17, 15) is 19.5 Å². The molecule has 2 saturated heterocycles. The van der Waals surface area contributed by atoms with Crippen LogP contribution < -0.4 is 16.0 Å². The van der Waals surface area contributed by atoms with Crippen LogP contribution in [0.2, 0.25) is 0 Å². The lowest BCUT2D eigenvalue weighted by Gasteiger charge is -2.36. The van der Waals surface area contributed by atoms with Crippen LogP contribution in [0.3, 0.4) is 0 Å². The van der Waals surface area contributed by atoms with Gasteiger partial charge in [-0.2, -0.15) is 0 Å². The normalized spacial score (nSPS) is 21.4. The van der Waals surface area contributed by atoms with Crippen molar-refractivity contribution in [1.29, 1.82) is 0 Å². The smallest absolute Gasteiger partial charge is 0.246 e. The van der Waals surface area contributed by atoms with Crippen LogP contribution in [0.5, 0.6) is 0 Å². The van der Waals surface area contributed by atoms with Gasteiger partial charge in [-0.05, 0) is 30.4 Å². The lowest BCUT2D eigenvalue weighted by Crippen LogP contribution is -2.58. The van der Waals surface area contributed by atoms with E-state index in [1.165, 1.54) is 4.90 Å². The van der Waals surface area contributed by atoms with Crippen molar-refractivity contribution < 1.29 is 19.5 Å². The van der Waals surface area contributed by atoms with E-state index in [0.29, 0.717) is 13.0 Å². The number of nitrogens with zero attached hydrogens (tertiary/aromatic N) is 3. The summed E-state index contributed by atoms with van der Waals surface area (Å²) in [6.07, 6.45) is -0.358. The van der Waals surface area contributed by atoms with Gasteiger partial charge in [0.05, 0.1) is 28.2 Å². The number of carbonyl (C=O) groups is 3. The molecular formula is C30H44N6O4S. The fraction of sp³-hybridized carbons (Fsp3) is 0.600. The van der Waals surface area contributed by atoms with Crippen LogP contribution in [0, 0.1) is 12.3 Å². The second-order valence-corrected chi connectivity index (χ2v) is 13.1. The van der Waals surface area contributed by atoms with Crippen molar-refractivity contribution in [2.45, 2.75) is 71.7 Å². The number of hydrogen-bond acceptors (Lipinski definition) is 8. The summed E-state index contributed by atoms with van der Waals surface area (Å²) in [5, 5.41) is 19.8. The summed E-state index contributed by atoms with van der Waals surface area (Å²) in [5.41, 5.74) is 4.24. The fourth-order valence-electron chi connectivity index (χ4n) is 5.44. The van der Waals surface area contributed by atoms with Crippen molar-refractivity contribution in [2.75, 3.05) is 39.3 Å². The van der Waals surface area contributed by atoms with Crippen molar-refractivity contribution in [3.63, 3.8) is 0 Å². The van der Waals surface area contributed by atoms with Crippen molar-refractivity contribution >= 4 is 29.1 Å². The summed E-state index contributed by atoms with van der Waals surface area (Å²) in [4.78, 5) is 49.3. The molecule has 1 aromatic carbocycles. The molecule has 3 heterocycles. The number of nitrogens with one attached hydrogen (secondary N) is 3. The molecule has 2 aliphatic rings. The zero-order chi connectivity index (χ0) is 29.7. The van der Waals surface area contributed by atoms with Crippen molar-refractivity contribution in [1.82, 2.24) is 30.7 Å². The van der Waals surface area contributed by atoms with Gasteiger partial charge in [-0.1, -0.05) is 45.0 Å². The number of amides is 3. The predicted octanol–water partition coefficient (Wildman–Crippen LogP) is 2.08. The summed E-state index contributed by atoms with van der Waals surface area (Å²) >= 11 is 1.59. The van der Waals surface area contributed by atoms with Crippen LogP contribution in [-0.4, -0.2) is 95.1 Å². The fourth-order valence-corrected chi connectivity index (χ4v) is 6.25. The van der Waals surface area contributed by atoms with Gasteiger partial charge in [-0.25, -0.2) is 4.98 Å². The number of carbonyl (C=O) groups excluding carboxylic acids is 3. The molecule has 11 heteroatoms. The number of hydrogen-bond donors (Lipinski definition) is 4. The van der Waals surface area contributed by atoms with E-state index in [4.69, 9.17) is 0 Å². The second-order valence-electron chi connectivity index (χ2n) is 12.2. The number of rotatable bonds is 9. The third kappa shape index (κ3) is 7.91. The first-order valence-corrected chi connectivity index (χ1v) is 15.3. The van der Waals surface area contributed by atoms with E-state index in [1.54, 1.807) is 11.3 Å². The van der Waals surface area contributed by atoms with Gasteiger partial charge in [0.15, 0.2) is 0 Å². The maximum absolute atomic E-state index is 13.8. The molecule has 4 N–H and O–H groups in total. The summed E-state index contributed by atoms with van der Waals surface area (Å²) in [6.45, 7) is 13.9. The molecule has 224 valence electrons. The largest absolute Gasteiger partial charge is 0.391 e. The Morgan fingerprint density at radius 1 is 1.15 bits per heavy atom. The van der Waals surface area contributed by atoms with Crippen molar-refractivity contribution in [2.24, 2.45) is 5.41 Å². The molecule has 1 aromatic heterocycles. The molecule has 41 heavy (non-hydrogen) atoms. The van der Waals surface area contributed by atoms with E-state index in [-0.39, 0.29) is 36.7 Å². The van der Waals surface area contributed by atoms with Crippen LogP contribution in [0.15, 0.2) is 29.8 Å². The molecule has 0 saturated carbocycles. The lowest BCUT2D eigenvalue weighted by molar-refractivity contribution is -0.144. The number of aromatic nitrogens is 1. The zero-order valence-corrected chi connectivity index (χ0v) is 25.6. The van der Waals surface area contributed by atoms with Crippen LogP contribution in [-0.2, 0) is 14.4 Å². The molecule has 0 bridgehead atoms. The van der Waals surface area contributed by atoms with E-state index in [0.717, 1.165) is 47.9 Å². The summed E-state index contributed by atoms with van der Waals surface area (Å²) < 4.78 is 0. The van der Waals surface area contributed by atoms with Crippen LogP contribution in [0.4, 0.5) is 0 Å². The van der Waals surface area contributed by atoms with E-state index in [1.807, 2.05) is 64.4 Å². The first-order valence-electron chi connectivity index (χ1n) is 14.5. The number of thiazole rings is 1. The molecule has 4 rings (SSSR count). The summed E-state index contributed by atoms with van der Waals surface area (Å²) in [6, 6.07) is 6.07. The lowest BCUT2D eigenvalue weighted by atomic mass is 9.85. The van der Waals surface area contributed by atoms with Gasteiger partial charge in [0.25, 0.3) is 0 Å². The van der Waals surface area contributed by atoms with Gasteiger partial charge in [-0.15, -0.1) is 11.3 Å². The Labute approximate surface area is 246 Å². The highest BCUT2D eigenvalue weighted by Gasteiger charge is 2.44. The average Bonchev–Trinajstić information content (AvgIpc) is 3.55. The van der Waals surface area contributed by atoms with Crippen LogP contribution in [0.25, 0.3) is 10.4 Å². The first-order chi connectivity index (χ1) is 19.4. The highest BCUT2D eigenvalue weighted by Crippen LogP contribution is 2.29. The molecule has 2 fully saturated rings. The third-order valence-electron chi connectivity index (χ3n) is 7.92. The monoisotopic (exact) mass is 584 g/mol. The van der Waals surface area contributed by atoms with Gasteiger partial charge >= 0.3 is 0 Å². The molecule has 0 spiro atoms. The van der Waals surface area contributed by atoms with Crippen molar-refractivity contribution in [3.05, 3.63) is 41.0 Å². The Hall–Kier alpha value is -2.86. The standard InChI is InChI=1S/C30H44N6O4S/c1-19(21-6-8-22(9-7-21)26-20(2)32-18-41-26)33-28(39)24-16-23(37)17-36(24)29(40)27(30(3,4)5)34-25(38)10-13-35-14-11-31-12-15-35/h6-9,18-19,23-24,27,31,37H,10-17H2,1-5H3,(H,33,39)(H,34,38)/t19-,23+,24-,27+/m0/s1. The Kier molecular flexibility index (Phi) is 10.2. The minimum absolute atomic E-state index is 0.0530. The Morgan fingerprint density at radius 2 is 1.83 bits per heavy atom. The molecule has 2 aliphatic heterocycles. The highest BCUT2D eigenvalue weighted by atomic mass is 32.1. The maximum atomic E-state index is 13.8. The first kappa shape index (κ1) is 31.1. The summed E-state index contributed by atoms with van der Waals surface area (Å²) in [7, 11) is 0. The predicted molar refractivity (Wildman–Crippen MR) is 160 cm³/mol. The minimum atomic E-state index is -0.821. The zero-order valence-electron chi connectivity index (χ0n) is 24.8. The molecule has 0 unspecified atom stereocenters. The van der Waals surface area contributed by atoms with E-state index in [2.05, 4.69) is 25.8 Å². The molecule has 10 nitrogen and oxygen atoms in total. The average molecular weight is 585 g/mol. The maximum Gasteiger partial charge on any atom is 0.246 e. The summed E-state index contributed by atoms with van der Waals surface area (Å²) in [5.74, 6) is -0.854. The van der Waals surface area contributed by atoms with Crippen LogP contribution >= 0.6 is 11.3 Å². The number of β-amino-alcohol motifs (C(OH)–C–C–N with tert-alkyl or cyclic N) is 1. The van der Waals surface area contributed by atoms with Crippen molar-refractivity contribution in [3.8, 4) is 10.4 Å². The number of piperazine rings is 1. The van der Waals surface area contributed by atoms with Gasteiger partial charge in [-0.3, -0.25) is 14.4 Å². The number of aliphatic hydroxyl groups is 1. The highest BCUT2D eigenvalue weighted by molar-refractivity contribution is 7.13. The molecule has 4 atom stereocenters. The number of likely N-dealkylation sites (tertiary alicyclic amines) is 1. The number of aliphatic hydroxyl groups excluding tert-OH is 1. The molecular weight excluding hydrogens is 540 g/mol. The molecule has 2 aromatic rings. The SMILES string of the molecule is Cc1ncsc1-c1ccc([C@H](C)NC(=O)[C@@H]2C[C@@H](O)CN2C(=O)[C@@H](NC(=O)CCN2CCNCC2)C(C)(C)C)cc1. The minimum Gasteiger partial charge on any atom is -0.391 e. The number of benzene rings is 1. The van der Waals surface area contributed by atoms with Gasteiger partial charge in [0.1, 0.15) is 12.1 Å². The molecule has 3 amide bonds. The Morgan fingerprint density at radius 3 is 2.44 bits per heavy atom. The molecule has 0 aliphatic carbocycles. The quantitative estimate of drug-likeness (QED) is 0.356. The van der Waals surface area contributed by atoms with E-state index >= 15 is 0 Å². The Balaban J connectivity index is 1.39. The Bertz CT molecular complexity index is 1200.